The number of allylic oxidation sites excluding steroid dienone is 2. The quantitative estimate of drug-likeness (QED) is 0.0449. The first-order chi connectivity index (χ1) is 36.6. The van der Waals surface area contributed by atoms with Gasteiger partial charge in [0.2, 0.25) is 0 Å². The van der Waals surface area contributed by atoms with Crippen molar-refractivity contribution < 1.29 is 124 Å². The predicted molar refractivity (Wildman–Crippen MR) is 264 cm³/mol. The summed E-state index contributed by atoms with van der Waals surface area (Å²) in [4.78, 5) is 27.9. The third kappa shape index (κ3) is 9.67. The molecule has 0 aromatic rings. The maximum atomic E-state index is 14.8. The number of carbonyl (C=O) groups is 2. The van der Waals surface area contributed by atoms with E-state index in [-0.39, 0.29) is 34.0 Å². The highest BCUT2D eigenvalue weighted by molar-refractivity contribution is 5.79. The number of esters is 1. The molecule has 25 heteroatoms. The molecule has 9 aliphatic rings. The van der Waals surface area contributed by atoms with Crippen LogP contribution in [0.1, 0.15) is 120 Å². The van der Waals surface area contributed by atoms with Gasteiger partial charge in [0.25, 0.3) is 0 Å². The van der Waals surface area contributed by atoms with Crippen LogP contribution >= 0.6 is 0 Å². The molecule has 0 amide bonds. The zero-order valence-electron chi connectivity index (χ0n) is 46.1. The van der Waals surface area contributed by atoms with Gasteiger partial charge in [-0.15, -0.1) is 0 Å². The van der Waals surface area contributed by atoms with Crippen molar-refractivity contribution >= 4 is 11.9 Å². The number of hydrogen-bond donors (Lipinski definition) is 15. The Morgan fingerprint density at radius 1 is 0.633 bits per heavy atom. The molecule has 0 aromatic carbocycles. The van der Waals surface area contributed by atoms with Crippen LogP contribution in [0.2, 0.25) is 0 Å². The predicted octanol–water partition coefficient (Wildman–Crippen LogP) is -2.28. The minimum absolute atomic E-state index is 0.0666. The van der Waals surface area contributed by atoms with Crippen molar-refractivity contribution in [3.05, 3.63) is 11.6 Å². The standard InChI is InChI=1S/C54H86O25/c1-22-30(57)33(60)36(63)44(72-22)74-38-37(64)39(78-53(70)41(65)34(61)31(58)25(20-55)76-53)45(75-40(38)43(67)68)73-29-12-13-49(6)27(48(29,4)5)11-14-51(8)28(49)10-9-23-24-19-47(2,3)15-17-52(24,18-16-50(23,51)7)46(69)79-54(71)42(66)35(62)32(59)26(21-56)77-54/h9,22,24-42,44-45,55-66,70-71H,10-21H2,1-8H3,(H,67,68)/t22-,24+,25?,26?,27?,28?,29+,30-,31+,32-,33+,34?,35?,36+,37?,38+,39+,40?,41+,42+,44?,45-,49+,50-,51-,52+,53-,54-/m1/s1. The summed E-state index contributed by atoms with van der Waals surface area (Å²) >= 11 is 0. The first-order valence-corrected chi connectivity index (χ1v) is 27.9. The molecule has 25 nitrogen and oxygen atoms in total. The van der Waals surface area contributed by atoms with Gasteiger partial charge < -0.3 is 114 Å². The molecule has 5 aliphatic carbocycles. The van der Waals surface area contributed by atoms with E-state index >= 15 is 0 Å². The monoisotopic (exact) mass is 1130 g/mol. The fraction of sp³-hybridized carbons (Fsp3) is 0.926. The van der Waals surface area contributed by atoms with E-state index in [1.807, 2.05) is 13.8 Å². The molecule has 9 rings (SSSR count). The number of aliphatic hydroxyl groups is 14. The van der Waals surface area contributed by atoms with Crippen LogP contribution in [0, 0.1) is 50.2 Å². The Balaban J connectivity index is 1.00. The molecule has 15 N–H and O–H groups in total. The second-order valence-electron chi connectivity index (χ2n) is 26.7. The number of carboxylic acid groups (broad SMARTS) is 1. The van der Waals surface area contributed by atoms with Gasteiger partial charge in [0.1, 0.15) is 73.2 Å². The summed E-state index contributed by atoms with van der Waals surface area (Å²) in [5.74, 6) is -9.26. The van der Waals surface area contributed by atoms with E-state index in [0.717, 1.165) is 12.0 Å². The van der Waals surface area contributed by atoms with Crippen molar-refractivity contribution in [3.63, 3.8) is 0 Å². The van der Waals surface area contributed by atoms with E-state index in [4.69, 9.17) is 37.9 Å². The lowest BCUT2D eigenvalue weighted by Crippen LogP contribution is -2.71. The SMILES string of the molecule is C[C@H]1OC(O[C@@H]2C(C(=O)O)O[C@@H](O[C@H]3CC[C@@]4(C)C(CC[C@]5(C)C4CC=C4[C@@H]6CC(C)(C)CC[C@]6(C(=O)O[C@]6(O)OC(CO)[C@@H](O)C(O)[C@@H]6O)CC[C@]45C)C3(C)C)[C@@H](O[C@]3(O)OC(CO)[C@H](O)C(O)[C@@H]3O)C2O)[C@@H](O)[C@@H](O)[C@@H]1O. The van der Waals surface area contributed by atoms with Gasteiger partial charge in [0.15, 0.2) is 30.9 Å². The highest BCUT2D eigenvalue weighted by Gasteiger charge is 2.71. The number of aliphatic carboxylic acids is 1. The van der Waals surface area contributed by atoms with Crippen molar-refractivity contribution in [1.29, 1.82) is 0 Å². The Morgan fingerprint density at radius 3 is 1.84 bits per heavy atom. The lowest BCUT2D eigenvalue weighted by Gasteiger charge is -2.71. The van der Waals surface area contributed by atoms with E-state index in [0.29, 0.717) is 57.8 Å². The maximum Gasteiger partial charge on any atom is 0.357 e. The molecule has 9 unspecified atom stereocenters. The first kappa shape index (κ1) is 61.4. The molecule has 452 valence electrons. The second kappa shape index (κ2) is 21.1. The number of carbonyl (C=O) groups excluding carboxylic acids is 1. The molecule has 28 atom stereocenters. The maximum absolute atomic E-state index is 14.8. The molecule has 4 aliphatic heterocycles. The molecule has 4 saturated heterocycles. The van der Waals surface area contributed by atoms with Crippen LogP contribution in [0.3, 0.4) is 0 Å². The smallest absolute Gasteiger partial charge is 0.357 e. The average molecular weight is 1140 g/mol. The van der Waals surface area contributed by atoms with E-state index in [1.165, 1.54) is 6.92 Å². The second-order valence-corrected chi connectivity index (χ2v) is 26.7. The Kier molecular flexibility index (Phi) is 16.4. The molecule has 0 bridgehead atoms. The van der Waals surface area contributed by atoms with Gasteiger partial charge in [-0.25, -0.2) is 4.79 Å². The van der Waals surface area contributed by atoms with E-state index in [2.05, 4.69) is 40.7 Å². The van der Waals surface area contributed by atoms with Crippen LogP contribution in [0.5, 0.6) is 0 Å². The van der Waals surface area contributed by atoms with Gasteiger partial charge in [-0.2, -0.15) is 0 Å². The fourth-order valence-corrected chi connectivity index (χ4v) is 16.5. The summed E-state index contributed by atoms with van der Waals surface area (Å²) in [6.07, 6.45) is -27.7. The lowest BCUT2D eigenvalue weighted by molar-refractivity contribution is -0.481. The average Bonchev–Trinajstić information content (AvgIpc) is 3.46. The number of fused-ring (bicyclic) bond motifs is 7. The summed E-state index contributed by atoms with van der Waals surface area (Å²) in [7, 11) is 0. The summed E-state index contributed by atoms with van der Waals surface area (Å²) < 4.78 is 46.7. The Morgan fingerprint density at radius 2 is 1.23 bits per heavy atom. The summed E-state index contributed by atoms with van der Waals surface area (Å²) in [5, 5.41) is 162. The number of rotatable bonds is 11. The van der Waals surface area contributed by atoms with E-state index < -0.39 is 170 Å². The van der Waals surface area contributed by atoms with Gasteiger partial charge in [-0.1, -0.05) is 60.1 Å². The molecule has 79 heavy (non-hydrogen) atoms. The molecular formula is C54H86O25. The number of ether oxygens (including phenoxy) is 8. The van der Waals surface area contributed by atoms with Crippen LogP contribution in [-0.4, -0.2) is 230 Å². The summed E-state index contributed by atoms with van der Waals surface area (Å²) in [6.45, 7) is 14.7. The Hall–Kier alpha value is -2.16. The molecule has 0 aromatic heterocycles. The third-order valence-corrected chi connectivity index (χ3v) is 21.5. The highest BCUT2D eigenvalue weighted by atomic mass is 16.9. The van der Waals surface area contributed by atoms with Gasteiger partial charge >= 0.3 is 23.9 Å². The molecule has 0 radical (unpaired) electrons. The van der Waals surface area contributed by atoms with Crippen LogP contribution < -0.4 is 0 Å². The largest absolute Gasteiger partial charge is 0.479 e. The van der Waals surface area contributed by atoms with Crippen molar-refractivity contribution in [3.8, 4) is 0 Å². The normalized spacial score (nSPS) is 54.2. The van der Waals surface area contributed by atoms with E-state index in [1.54, 1.807) is 0 Å². The molecule has 0 spiro atoms. The molecule has 8 fully saturated rings. The number of carboxylic acids is 1. The lowest BCUT2D eigenvalue weighted by atomic mass is 9.33. The highest BCUT2D eigenvalue weighted by Crippen LogP contribution is 2.76. The number of hydrogen-bond acceptors (Lipinski definition) is 24. The van der Waals surface area contributed by atoms with Gasteiger partial charge in [0, 0.05) is 0 Å². The van der Waals surface area contributed by atoms with Gasteiger partial charge in [0.05, 0.1) is 30.8 Å². The van der Waals surface area contributed by atoms with Crippen LogP contribution in [0.15, 0.2) is 11.6 Å². The van der Waals surface area contributed by atoms with Crippen molar-refractivity contribution in [2.75, 3.05) is 13.2 Å². The Bertz CT molecular complexity index is 2280. The minimum atomic E-state index is -3.32. The zero-order chi connectivity index (χ0) is 58.3. The Labute approximate surface area is 457 Å². The summed E-state index contributed by atoms with van der Waals surface area (Å²) in [5.41, 5.74) is -2.19. The summed E-state index contributed by atoms with van der Waals surface area (Å²) in [6, 6.07) is 0. The van der Waals surface area contributed by atoms with E-state index in [9.17, 15) is 86.2 Å². The molecule has 4 heterocycles. The number of aliphatic hydroxyl groups excluding tert-OH is 12. The van der Waals surface area contributed by atoms with Crippen LogP contribution in [0.4, 0.5) is 0 Å². The van der Waals surface area contributed by atoms with Crippen molar-refractivity contribution in [2.24, 2.45) is 50.2 Å². The van der Waals surface area contributed by atoms with Gasteiger partial charge in [-0.3, -0.25) is 4.79 Å². The third-order valence-electron chi connectivity index (χ3n) is 21.5. The van der Waals surface area contributed by atoms with Crippen molar-refractivity contribution in [1.82, 2.24) is 0 Å². The molecular weight excluding hydrogens is 1050 g/mol. The zero-order valence-corrected chi connectivity index (χ0v) is 46.1. The topological polar surface area (TPSA) is 411 Å². The van der Waals surface area contributed by atoms with Gasteiger partial charge in [-0.05, 0) is 116 Å². The van der Waals surface area contributed by atoms with Crippen molar-refractivity contribution in [2.45, 2.75) is 248 Å². The molecule has 4 saturated carbocycles. The van der Waals surface area contributed by atoms with Crippen LogP contribution in [-0.2, 0) is 47.5 Å². The minimum Gasteiger partial charge on any atom is -0.479 e. The first-order valence-electron chi connectivity index (χ1n) is 27.9. The fourth-order valence-electron chi connectivity index (χ4n) is 16.5. The van der Waals surface area contributed by atoms with Crippen LogP contribution in [0.25, 0.3) is 0 Å².